The lowest BCUT2D eigenvalue weighted by atomic mass is 9.97. The lowest BCUT2D eigenvalue weighted by Crippen LogP contribution is -1.94. The lowest BCUT2D eigenvalue weighted by Gasteiger charge is -2.10. The summed E-state index contributed by atoms with van der Waals surface area (Å²) < 4.78 is 13.7. The third-order valence-corrected chi connectivity index (χ3v) is 9.99. The number of fused-ring (bicyclic) bond motifs is 6. The molecule has 6 nitrogen and oxygen atoms in total. The number of rotatable bonds is 5. The van der Waals surface area contributed by atoms with Crippen LogP contribution >= 0.6 is 27.5 Å². The zero-order valence-electron chi connectivity index (χ0n) is 27.2. The first-order chi connectivity index (χ1) is 25.6. The molecule has 10 aromatic rings. The Kier molecular flexibility index (Phi) is 7.23. The van der Waals surface area contributed by atoms with Crippen molar-refractivity contribution < 1.29 is 8.83 Å². The predicted octanol–water partition coefficient (Wildman–Crippen LogP) is 12.8. The van der Waals surface area contributed by atoms with Crippen molar-refractivity contribution in [2.45, 2.75) is 0 Å². The van der Waals surface area contributed by atoms with Crippen LogP contribution in [0.4, 0.5) is 0 Å². The Balaban J connectivity index is 1.10. The smallest absolute Gasteiger partial charge is 0.232 e. The van der Waals surface area contributed by atoms with E-state index in [2.05, 4.69) is 75.5 Å². The maximum atomic E-state index is 6.51. The number of furan rings is 2. The average molecular weight is 756 g/mol. The van der Waals surface area contributed by atoms with Gasteiger partial charge in [-0.1, -0.05) is 119 Å². The number of aromatic nitrogens is 4. The van der Waals surface area contributed by atoms with Gasteiger partial charge in [-0.05, 0) is 76.3 Å². The predicted molar refractivity (Wildman–Crippen MR) is 212 cm³/mol. The first-order valence-electron chi connectivity index (χ1n) is 16.7. The van der Waals surface area contributed by atoms with Crippen LogP contribution in [0.2, 0.25) is 5.28 Å². The number of hydrogen-bond donors (Lipinski definition) is 0. The zero-order valence-corrected chi connectivity index (χ0v) is 29.6. The number of benzene rings is 6. The molecule has 0 aliphatic heterocycles. The molecule has 0 radical (unpaired) electrons. The van der Waals surface area contributed by atoms with Crippen molar-refractivity contribution in [3.63, 3.8) is 0 Å². The Morgan fingerprint density at radius 3 is 1.87 bits per heavy atom. The summed E-state index contributed by atoms with van der Waals surface area (Å²) in [6, 6.07) is 49.0. The number of halogens is 2. The molecule has 0 N–H and O–H groups in total. The van der Waals surface area contributed by atoms with Gasteiger partial charge in [-0.25, -0.2) is 15.0 Å². The van der Waals surface area contributed by atoms with E-state index in [9.17, 15) is 0 Å². The number of nitrogens with zero attached hydrogens (tertiary/aromatic N) is 4. The van der Waals surface area contributed by atoms with Crippen LogP contribution in [0, 0.1) is 0 Å². The van der Waals surface area contributed by atoms with E-state index in [0.29, 0.717) is 22.8 Å². The highest BCUT2D eigenvalue weighted by atomic mass is 79.9. The van der Waals surface area contributed by atoms with Crippen LogP contribution in [0.5, 0.6) is 0 Å². The Bertz CT molecular complexity index is 3000. The summed E-state index contributed by atoms with van der Waals surface area (Å²) in [5.41, 5.74) is 11.7. The second-order valence-electron chi connectivity index (χ2n) is 12.5. The molecule has 0 saturated heterocycles. The molecule has 4 aromatic heterocycles. The fourth-order valence-corrected chi connectivity index (χ4v) is 7.41. The van der Waals surface area contributed by atoms with E-state index in [1.54, 1.807) is 0 Å². The van der Waals surface area contributed by atoms with E-state index in [0.717, 1.165) is 82.0 Å². The second-order valence-corrected chi connectivity index (χ2v) is 13.8. The maximum Gasteiger partial charge on any atom is 0.232 e. The molecular formula is C44H24BrClN4O2. The van der Waals surface area contributed by atoms with Crippen molar-refractivity contribution in [1.82, 2.24) is 19.9 Å². The molecule has 6 aromatic carbocycles. The quantitative estimate of drug-likeness (QED) is 0.163. The summed E-state index contributed by atoms with van der Waals surface area (Å²) in [7, 11) is 0. The van der Waals surface area contributed by atoms with Crippen LogP contribution in [-0.2, 0) is 0 Å². The van der Waals surface area contributed by atoms with Gasteiger partial charge in [-0.3, -0.25) is 0 Å². The average Bonchev–Trinajstić information content (AvgIpc) is 3.75. The van der Waals surface area contributed by atoms with Crippen molar-refractivity contribution in [2.24, 2.45) is 0 Å². The fourth-order valence-electron chi connectivity index (χ4n) is 6.89. The van der Waals surface area contributed by atoms with E-state index >= 15 is 0 Å². The first-order valence-corrected chi connectivity index (χ1v) is 17.8. The highest BCUT2D eigenvalue weighted by molar-refractivity contribution is 9.10. The van der Waals surface area contributed by atoms with Gasteiger partial charge in [0.15, 0.2) is 11.4 Å². The normalized spacial score (nSPS) is 11.7. The maximum absolute atomic E-state index is 6.51. The molecule has 8 heteroatoms. The summed E-state index contributed by atoms with van der Waals surface area (Å²) in [6.07, 6.45) is 0. The van der Waals surface area contributed by atoms with Crippen LogP contribution < -0.4 is 0 Å². The molecule has 0 fully saturated rings. The molecule has 0 aliphatic rings. The fraction of sp³-hybridized carbons (Fsp3) is 0. The molecule has 10 rings (SSSR count). The summed E-state index contributed by atoms with van der Waals surface area (Å²) >= 11 is 10.1. The minimum atomic E-state index is 0.122. The SMILES string of the molecule is Clc1nc(-c2cccc(-c3cccc(-c4nc(-c5ccccc5)nc5c4oc4ccc(Br)cc45)c3)c2)c2c(n1)oc1cc(-c3ccccc3)ccc12. The van der Waals surface area contributed by atoms with E-state index in [1.165, 1.54) is 0 Å². The zero-order chi connectivity index (χ0) is 34.8. The van der Waals surface area contributed by atoms with Crippen LogP contribution in [0.1, 0.15) is 0 Å². The molecule has 52 heavy (non-hydrogen) atoms. The van der Waals surface area contributed by atoms with Gasteiger partial charge in [0, 0.05) is 31.9 Å². The summed E-state index contributed by atoms with van der Waals surface area (Å²) in [4.78, 5) is 19.3. The second kappa shape index (κ2) is 12.3. The van der Waals surface area contributed by atoms with Crippen molar-refractivity contribution in [1.29, 1.82) is 0 Å². The lowest BCUT2D eigenvalue weighted by molar-refractivity contribution is 0.653. The highest BCUT2D eigenvalue weighted by Gasteiger charge is 2.20. The largest absolute Gasteiger partial charge is 0.452 e. The van der Waals surface area contributed by atoms with E-state index in [1.807, 2.05) is 91.0 Å². The monoisotopic (exact) mass is 754 g/mol. The molecule has 0 bridgehead atoms. The van der Waals surface area contributed by atoms with E-state index in [-0.39, 0.29) is 5.28 Å². The third-order valence-electron chi connectivity index (χ3n) is 9.32. The highest BCUT2D eigenvalue weighted by Crippen LogP contribution is 2.40. The molecule has 0 aliphatic carbocycles. The van der Waals surface area contributed by atoms with Gasteiger partial charge in [0.2, 0.25) is 11.0 Å². The van der Waals surface area contributed by atoms with Gasteiger partial charge in [-0.2, -0.15) is 4.98 Å². The minimum Gasteiger partial charge on any atom is -0.452 e. The van der Waals surface area contributed by atoms with Gasteiger partial charge in [0.25, 0.3) is 0 Å². The van der Waals surface area contributed by atoms with Gasteiger partial charge in [0.05, 0.1) is 11.1 Å². The third kappa shape index (κ3) is 5.25. The van der Waals surface area contributed by atoms with Crippen LogP contribution in [0.15, 0.2) is 159 Å². The summed E-state index contributed by atoms with van der Waals surface area (Å²) in [6.45, 7) is 0. The Morgan fingerprint density at radius 1 is 0.462 bits per heavy atom. The number of hydrogen-bond acceptors (Lipinski definition) is 6. The molecule has 0 spiro atoms. The van der Waals surface area contributed by atoms with Gasteiger partial charge in [0.1, 0.15) is 22.4 Å². The Morgan fingerprint density at radius 2 is 1.12 bits per heavy atom. The van der Waals surface area contributed by atoms with Crippen molar-refractivity contribution in [3.8, 4) is 56.2 Å². The van der Waals surface area contributed by atoms with Gasteiger partial charge in [-0.15, -0.1) is 0 Å². The summed E-state index contributed by atoms with van der Waals surface area (Å²) in [5, 5.41) is 2.79. The summed E-state index contributed by atoms with van der Waals surface area (Å²) in [5.74, 6) is 0.631. The molecule has 0 saturated carbocycles. The van der Waals surface area contributed by atoms with Crippen molar-refractivity contribution in [3.05, 3.63) is 155 Å². The molecule has 0 unspecified atom stereocenters. The van der Waals surface area contributed by atoms with Gasteiger partial charge < -0.3 is 8.83 Å². The van der Waals surface area contributed by atoms with Crippen molar-refractivity contribution in [2.75, 3.05) is 0 Å². The van der Waals surface area contributed by atoms with Crippen LogP contribution in [0.25, 0.3) is 100 Å². The van der Waals surface area contributed by atoms with E-state index < -0.39 is 0 Å². The van der Waals surface area contributed by atoms with Crippen molar-refractivity contribution >= 4 is 71.7 Å². The Labute approximate surface area is 310 Å². The molecule has 0 atom stereocenters. The van der Waals surface area contributed by atoms with Crippen LogP contribution in [0.3, 0.4) is 0 Å². The van der Waals surface area contributed by atoms with Crippen LogP contribution in [-0.4, -0.2) is 19.9 Å². The minimum absolute atomic E-state index is 0.122. The first kappa shape index (κ1) is 30.7. The topological polar surface area (TPSA) is 77.8 Å². The standard InChI is InChI=1S/C44H24BrClN4O2/c45-32-18-20-35-34(24-32)40-41(51-35)39(47-42(48-40)26-11-5-2-6-12-26)31-16-8-14-28(22-31)27-13-7-15-30(21-27)38-37-33-19-17-29(25-9-3-1-4-10-25)23-36(33)52-43(37)50-44(46)49-38/h1-24H. The molecule has 0 amide bonds. The van der Waals surface area contributed by atoms with E-state index in [4.69, 9.17) is 35.4 Å². The molecular weight excluding hydrogens is 732 g/mol. The Hall–Kier alpha value is -6.15. The molecule has 4 heterocycles. The molecule has 246 valence electrons. The van der Waals surface area contributed by atoms with Gasteiger partial charge >= 0.3 is 0 Å².